The molecule has 3 nitrogen and oxygen atoms in total. The molecule has 0 aromatic carbocycles. The van der Waals surface area contributed by atoms with Crippen LogP contribution in [0.5, 0.6) is 0 Å². The number of epoxide rings is 1. The lowest BCUT2D eigenvalue weighted by atomic mass is 9.95. The minimum absolute atomic E-state index is 0.00421. The van der Waals surface area contributed by atoms with E-state index in [-0.39, 0.29) is 18.0 Å². The highest BCUT2D eigenvalue weighted by Gasteiger charge is 2.26. The van der Waals surface area contributed by atoms with Gasteiger partial charge in [-0.25, -0.2) is 0 Å². The van der Waals surface area contributed by atoms with E-state index in [4.69, 9.17) is 9.47 Å². The van der Waals surface area contributed by atoms with E-state index in [1.165, 1.54) is 19.3 Å². The van der Waals surface area contributed by atoms with Crippen LogP contribution >= 0.6 is 0 Å². The zero-order valence-corrected chi connectivity index (χ0v) is 12.0. The zero-order chi connectivity index (χ0) is 13.2. The lowest BCUT2D eigenvalue weighted by Gasteiger charge is -2.15. The third kappa shape index (κ3) is 7.00. The molecule has 1 aliphatic heterocycles. The zero-order valence-electron chi connectivity index (χ0n) is 12.0. The third-order valence-corrected chi connectivity index (χ3v) is 3.46. The molecular formula is C15H28O3. The molecule has 0 spiro atoms. The summed E-state index contributed by atoms with van der Waals surface area (Å²) < 4.78 is 10.4. The molecular weight excluding hydrogens is 228 g/mol. The quantitative estimate of drug-likeness (QED) is 0.321. The summed E-state index contributed by atoms with van der Waals surface area (Å²) in [6.07, 6.45) is 9.31. The fourth-order valence-corrected chi connectivity index (χ4v) is 2.11. The van der Waals surface area contributed by atoms with Crippen LogP contribution < -0.4 is 0 Å². The molecule has 3 heteroatoms. The van der Waals surface area contributed by atoms with Gasteiger partial charge in [0.15, 0.2) is 0 Å². The number of carbonyl (C=O) groups excluding carboxylic acids is 1. The smallest absolute Gasteiger partial charge is 0.309 e. The first-order chi connectivity index (χ1) is 8.77. The summed E-state index contributed by atoms with van der Waals surface area (Å²) in [5, 5.41) is 0. The van der Waals surface area contributed by atoms with Gasteiger partial charge in [0, 0.05) is 0 Å². The fourth-order valence-electron chi connectivity index (χ4n) is 2.11. The minimum atomic E-state index is -0.00421. The Morgan fingerprint density at radius 2 is 1.83 bits per heavy atom. The SMILES string of the molecule is CCCCCCC(CCCC)C(=O)OCC1CO1. The second-order valence-corrected chi connectivity index (χ2v) is 5.27. The van der Waals surface area contributed by atoms with Crippen molar-refractivity contribution in [2.24, 2.45) is 5.92 Å². The fraction of sp³-hybridized carbons (Fsp3) is 0.933. The van der Waals surface area contributed by atoms with Crippen LogP contribution in [0, 0.1) is 5.92 Å². The first kappa shape index (κ1) is 15.5. The molecule has 0 aliphatic carbocycles. The van der Waals surface area contributed by atoms with Crippen molar-refractivity contribution >= 4 is 5.97 Å². The average molecular weight is 256 g/mol. The average Bonchev–Trinajstić information content (AvgIpc) is 3.19. The van der Waals surface area contributed by atoms with Gasteiger partial charge in [-0.1, -0.05) is 52.4 Å². The Kier molecular flexibility index (Phi) is 8.06. The molecule has 1 fully saturated rings. The van der Waals surface area contributed by atoms with Gasteiger partial charge < -0.3 is 9.47 Å². The molecule has 0 aromatic heterocycles. The Hall–Kier alpha value is -0.570. The van der Waals surface area contributed by atoms with Gasteiger partial charge in [-0.05, 0) is 12.8 Å². The van der Waals surface area contributed by atoms with E-state index in [0.29, 0.717) is 6.61 Å². The Morgan fingerprint density at radius 1 is 1.17 bits per heavy atom. The van der Waals surface area contributed by atoms with E-state index in [1.54, 1.807) is 0 Å². The van der Waals surface area contributed by atoms with Gasteiger partial charge in [-0.3, -0.25) is 4.79 Å². The third-order valence-electron chi connectivity index (χ3n) is 3.46. The second-order valence-electron chi connectivity index (χ2n) is 5.27. The molecule has 0 amide bonds. The predicted molar refractivity (Wildman–Crippen MR) is 72.5 cm³/mol. The molecule has 1 rings (SSSR count). The number of esters is 1. The van der Waals surface area contributed by atoms with Crippen molar-refractivity contribution in [3.8, 4) is 0 Å². The molecule has 2 unspecified atom stereocenters. The van der Waals surface area contributed by atoms with E-state index in [0.717, 1.165) is 38.7 Å². The first-order valence-electron chi connectivity index (χ1n) is 7.56. The standard InChI is InChI=1S/C15H28O3/c1-3-5-7-8-10-13(9-6-4-2)15(16)18-12-14-11-17-14/h13-14H,3-12H2,1-2H3. The summed E-state index contributed by atoms with van der Waals surface area (Å²) in [7, 11) is 0. The van der Waals surface area contributed by atoms with Crippen LogP contribution in [0.1, 0.15) is 65.2 Å². The van der Waals surface area contributed by atoms with Crippen LogP contribution in [0.15, 0.2) is 0 Å². The Labute approximate surface area is 111 Å². The molecule has 0 bridgehead atoms. The lowest BCUT2D eigenvalue weighted by molar-refractivity contribution is -0.149. The summed E-state index contributed by atoms with van der Waals surface area (Å²) in [5.41, 5.74) is 0. The van der Waals surface area contributed by atoms with Gasteiger partial charge in [0.25, 0.3) is 0 Å². The maximum atomic E-state index is 12.0. The van der Waals surface area contributed by atoms with Crippen LogP contribution in [0.3, 0.4) is 0 Å². The molecule has 0 radical (unpaired) electrons. The van der Waals surface area contributed by atoms with Crippen molar-refractivity contribution in [1.29, 1.82) is 0 Å². The maximum Gasteiger partial charge on any atom is 0.309 e. The van der Waals surface area contributed by atoms with Crippen LogP contribution in [-0.4, -0.2) is 25.3 Å². The van der Waals surface area contributed by atoms with Crippen LogP contribution in [0.4, 0.5) is 0 Å². The van der Waals surface area contributed by atoms with Crippen LogP contribution in [0.2, 0.25) is 0 Å². The molecule has 0 N–H and O–H groups in total. The number of ether oxygens (including phenoxy) is 2. The van der Waals surface area contributed by atoms with Gasteiger partial charge in [0.05, 0.1) is 12.5 Å². The summed E-state index contributed by atoms with van der Waals surface area (Å²) >= 11 is 0. The minimum Gasteiger partial charge on any atom is -0.463 e. The lowest BCUT2D eigenvalue weighted by Crippen LogP contribution is -2.20. The summed E-state index contributed by atoms with van der Waals surface area (Å²) in [6, 6.07) is 0. The topological polar surface area (TPSA) is 38.8 Å². The Balaban J connectivity index is 2.20. The largest absolute Gasteiger partial charge is 0.463 e. The normalized spacial score (nSPS) is 19.6. The van der Waals surface area contributed by atoms with E-state index < -0.39 is 0 Å². The van der Waals surface area contributed by atoms with Gasteiger partial charge in [-0.15, -0.1) is 0 Å². The van der Waals surface area contributed by atoms with E-state index >= 15 is 0 Å². The van der Waals surface area contributed by atoms with Crippen molar-refractivity contribution in [2.75, 3.05) is 13.2 Å². The Bertz CT molecular complexity index is 224. The van der Waals surface area contributed by atoms with E-state index in [1.807, 2.05) is 0 Å². The van der Waals surface area contributed by atoms with E-state index in [9.17, 15) is 4.79 Å². The van der Waals surface area contributed by atoms with Gasteiger partial charge >= 0.3 is 5.97 Å². The van der Waals surface area contributed by atoms with Gasteiger partial charge in [0.1, 0.15) is 12.7 Å². The molecule has 2 atom stereocenters. The highest BCUT2D eigenvalue weighted by Crippen LogP contribution is 2.20. The number of carbonyl (C=O) groups is 1. The number of hydrogen-bond donors (Lipinski definition) is 0. The monoisotopic (exact) mass is 256 g/mol. The molecule has 18 heavy (non-hydrogen) atoms. The molecule has 1 aliphatic rings. The molecule has 0 saturated carbocycles. The molecule has 1 heterocycles. The van der Waals surface area contributed by atoms with Gasteiger partial charge in [-0.2, -0.15) is 0 Å². The van der Waals surface area contributed by atoms with Crippen molar-refractivity contribution < 1.29 is 14.3 Å². The second kappa shape index (κ2) is 9.37. The van der Waals surface area contributed by atoms with Crippen molar-refractivity contribution in [1.82, 2.24) is 0 Å². The Morgan fingerprint density at radius 3 is 2.44 bits per heavy atom. The van der Waals surface area contributed by atoms with Crippen LogP contribution in [0.25, 0.3) is 0 Å². The summed E-state index contributed by atoms with van der Waals surface area (Å²) in [5.74, 6) is 0.107. The number of unbranched alkanes of at least 4 members (excludes halogenated alkanes) is 4. The van der Waals surface area contributed by atoms with Gasteiger partial charge in [0.2, 0.25) is 0 Å². The maximum absolute atomic E-state index is 12.0. The van der Waals surface area contributed by atoms with Crippen molar-refractivity contribution in [3.05, 3.63) is 0 Å². The van der Waals surface area contributed by atoms with Crippen molar-refractivity contribution in [2.45, 2.75) is 71.3 Å². The van der Waals surface area contributed by atoms with Crippen molar-refractivity contribution in [3.63, 3.8) is 0 Å². The number of hydrogen-bond acceptors (Lipinski definition) is 3. The predicted octanol–water partition coefficient (Wildman–Crippen LogP) is 3.71. The van der Waals surface area contributed by atoms with E-state index in [2.05, 4.69) is 13.8 Å². The number of rotatable bonds is 11. The highest BCUT2D eigenvalue weighted by atomic mass is 16.6. The summed E-state index contributed by atoms with van der Waals surface area (Å²) in [4.78, 5) is 12.0. The first-order valence-corrected chi connectivity index (χ1v) is 7.56. The van der Waals surface area contributed by atoms with Crippen LogP contribution in [-0.2, 0) is 14.3 Å². The molecule has 106 valence electrons. The highest BCUT2D eigenvalue weighted by molar-refractivity contribution is 5.72. The molecule has 1 saturated heterocycles. The molecule has 0 aromatic rings. The summed E-state index contributed by atoms with van der Waals surface area (Å²) in [6.45, 7) is 5.58.